The highest BCUT2D eigenvalue weighted by molar-refractivity contribution is 5.64. The van der Waals surface area contributed by atoms with Gasteiger partial charge in [-0.25, -0.2) is 0 Å². The topological polar surface area (TPSA) is 23.8 Å². The first-order valence-corrected chi connectivity index (χ1v) is 5.33. The van der Waals surface area contributed by atoms with E-state index in [-0.39, 0.29) is 0 Å². The van der Waals surface area contributed by atoms with E-state index in [2.05, 4.69) is 37.3 Å². The quantitative estimate of drug-likeness (QED) is 0.736. The molecule has 0 aromatic heterocycles. The molecule has 0 amide bonds. The molecule has 16 heavy (non-hydrogen) atoms. The molecule has 2 rings (SSSR count). The molecule has 0 saturated heterocycles. The summed E-state index contributed by atoms with van der Waals surface area (Å²) in [6.45, 7) is 2.05. The SMILES string of the molecule is Cc1cc(-c2ccccc2)ccc1CC#N. The smallest absolute Gasteiger partial charge is 0.0669 e. The van der Waals surface area contributed by atoms with E-state index in [4.69, 9.17) is 5.26 Å². The van der Waals surface area contributed by atoms with Crippen molar-refractivity contribution in [1.29, 1.82) is 5.26 Å². The molecule has 0 aliphatic rings. The van der Waals surface area contributed by atoms with Gasteiger partial charge in [0.15, 0.2) is 0 Å². The van der Waals surface area contributed by atoms with Crippen LogP contribution in [0, 0.1) is 18.3 Å². The van der Waals surface area contributed by atoms with E-state index in [0.717, 1.165) is 5.56 Å². The van der Waals surface area contributed by atoms with E-state index in [9.17, 15) is 0 Å². The van der Waals surface area contributed by atoms with Crippen molar-refractivity contribution in [3.8, 4) is 17.2 Å². The number of benzene rings is 2. The Kier molecular flexibility index (Phi) is 3.03. The molecular weight excluding hydrogens is 194 g/mol. The second-order valence-electron chi connectivity index (χ2n) is 3.84. The van der Waals surface area contributed by atoms with Gasteiger partial charge in [-0.3, -0.25) is 0 Å². The van der Waals surface area contributed by atoms with Crippen LogP contribution in [0.5, 0.6) is 0 Å². The maximum atomic E-state index is 8.68. The molecule has 0 atom stereocenters. The molecule has 0 aliphatic carbocycles. The summed E-state index contributed by atoms with van der Waals surface area (Å²) in [6.07, 6.45) is 0.487. The van der Waals surface area contributed by atoms with Crippen LogP contribution >= 0.6 is 0 Å². The van der Waals surface area contributed by atoms with Gasteiger partial charge in [-0.2, -0.15) is 5.26 Å². The van der Waals surface area contributed by atoms with E-state index in [1.807, 2.05) is 24.3 Å². The highest BCUT2D eigenvalue weighted by atomic mass is 14.2. The molecule has 0 heterocycles. The molecule has 0 bridgehead atoms. The normalized spacial score (nSPS) is 9.75. The Bertz CT molecular complexity index is 521. The van der Waals surface area contributed by atoms with Crippen LogP contribution in [0.2, 0.25) is 0 Å². The van der Waals surface area contributed by atoms with Gasteiger partial charge in [-0.05, 0) is 29.2 Å². The predicted molar refractivity (Wildman–Crippen MR) is 65.9 cm³/mol. The van der Waals surface area contributed by atoms with Crippen LogP contribution < -0.4 is 0 Å². The average Bonchev–Trinajstić information content (AvgIpc) is 2.33. The summed E-state index contributed by atoms with van der Waals surface area (Å²) in [4.78, 5) is 0. The lowest BCUT2D eigenvalue weighted by Crippen LogP contribution is -1.88. The molecular formula is C15H13N. The molecule has 2 aromatic rings. The van der Waals surface area contributed by atoms with E-state index in [0.29, 0.717) is 6.42 Å². The van der Waals surface area contributed by atoms with Crippen LogP contribution in [0.25, 0.3) is 11.1 Å². The predicted octanol–water partition coefficient (Wildman–Crippen LogP) is 3.73. The molecule has 2 aromatic carbocycles. The Balaban J connectivity index is 2.39. The van der Waals surface area contributed by atoms with Gasteiger partial charge >= 0.3 is 0 Å². The van der Waals surface area contributed by atoms with Gasteiger partial charge in [0.2, 0.25) is 0 Å². The van der Waals surface area contributed by atoms with Crippen LogP contribution in [-0.2, 0) is 6.42 Å². The van der Waals surface area contributed by atoms with Crippen LogP contribution in [0.3, 0.4) is 0 Å². The lowest BCUT2D eigenvalue weighted by atomic mass is 9.99. The van der Waals surface area contributed by atoms with Crippen molar-refractivity contribution < 1.29 is 0 Å². The molecule has 78 valence electrons. The summed E-state index contributed by atoms with van der Waals surface area (Å²) in [5.74, 6) is 0. The van der Waals surface area contributed by atoms with Crippen LogP contribution in [0.1, 0.15) is 11.1 Å². The fourth-order valence-corrected chi connectivity index (χ4v) is 1.79. The minimum absolute atomic E-state index is 0.487. The molecule has 0 aliphatic heterocycles. The first-order valence-electron chi connectivity index (χ1n) is 5.33. The van der Waals surface area contributed by atoms with Gasteiger partial charge in [0.1, 0.15) is 0 Å². The zero-order valence-corrected chi connectivity index (χ0v) is 9.27. The third-order valence-corrected chi connectivity index (χ3v) is 2.72. The Morgan fingerprint density at radius 2 is 1.75 bits per heavy atom. The van der Waals surface area contributed by atoms with E-state index in [1.54, 1.807) is 0 Å². The van der Waals surface area contributed by atoms with Crippen LogP contribution in [-0.4, -0.2) is 0 Å². The third kappa shape index (κ3) is 2.12. The van der Waals surface area contributed by atoms with Gasteiger partial charge in [0, 0.05) is 0 Å². The summed E-state index contributed by atoms with van der Waals surface area (Å²) in [6, 6.07) is 18.7. The highest BCUT2D eigenvalue weighted by Crippen LogP contribution is 2.22. The van der Waals surface area contributed by atoms with Crippen molar-refractivity contribution in [2.75, 3.05) is 0 Å². The average molecular weight is 207 g/mol. The van der Waals surface area contributed by atoms with Crippen LogP contribution in [0.4, 0.5) is 0 Å². The molecule has 0 N–H and O–H groups in total. The number of hydrogen-bond acceptors (Lipinski definition) is 1. The fraction of sp³-hybridized carbons (Fsp3) is 0.133. The monoisotopic (exact) mass is 207 g/mol. The van der Waals surface area contributed by atoms with Crippen molar-refractivity contribution in [3.05, 3.63) is 59.7 Å². The van der Waals surface area contributed by atoms with Gasteiger partial charge in [0.25, 0.3) is 0 Å². The zero-order chi connectivity index (χ0) is 11.4. The van der Waals surface area contributed by atoms with Crippen molar-refractivity contribution in [2.45, 2.75) is 13.3 Å². The summed E-state index contributed by atoms with van der Waals surface area (Å²) in [5, 5.41) is 8.68. The van der Waals surface area contributed by atoms with Crippen molar-refractivity contribution in [1.82, 2.24) is 0 Å². The molecule has 0 saturated carbocycles. The first kappa shape index (κ1) is 10.4. The van der Waals surface area contributed by atoms with Crippen molar-refractivity contribution >= 4 is 0 Å². The van der Waals surface area contributed by atoms with Gasteiger partial charge < -0.3 is 0 Å². The minimum atomic E-state index is 0.487. The standard InChI is InChI=1S/C15H13N/c1-12-11-15(8-7-13(12)9-10-16)14-5-3-2-4-6-14/h2-8,11H,9H2,1H3. The lowest BCUT2D eigenvalue weighted by Gasteiger charge is -2.06. The molecule has 0 spiro atoms. The number of nitriles is 1. The second kappa shape index (κ2) is 4.63. The zero-order valence-electron chi connectivity index (χ0n) is 9.27. The van der Waals surface area contributed by atoms with Gasteiger partial charge in [-0.15, -0.1) is 0 Å². The summed E-state index contributed by atoms with van der Waals surface area (Å²) >= 11 is 0. The Hall–Kier alpha value is -2.07. The molecule has 1 nitrogen and oxygen atoms in total. The second-order valence-corrected chi connectivity index (χ2v) is 3.84. The maximum Gasteiger partial charge on any atom is 0.0669 e. The number of rotatable bonds is 2. The maximum absolute atomic E-state index is 8.68. The van der Waals surface area contributed by atoms with E-state index >= 15 is 0 Å². The summed E-state index contributed by atoms with van der Waals surface area (Å²) < 4.78 is 0. The number of aryl methyl sites for hydroxylation is 1. The minimum Gasteiger partial charge on any atom is -0.198 e. The summed E-state index contributed by atoms with van der Waals surface area (Å²) in [7, 11) is 0. The molecule has 0 radical (unpaired) electrons. The number of hydrogen-bond donors (Lipinski definition) is 0. The largest absolute Gasteiger partial charge is 0.198 e. The van der Waals surface area contributed by atoms with E-state index < -0.39 is 0 Å². The highest BCUT2D eigenvalue weighted by Gasteiger charge is 2.01. The Morgan fingerprint density at radius 1 is 1.00 bits per heavy atom. The molecule has 0 fully saturated rings. The molecule has 0 unspecified atom stereocenters. The Morgan fingerprint density at radius 3 is 2.38 bits per heavy atom. The van der Waals surface area contributed by atoms with E-state index in [1.165, 1.54) is 16.7 Å². The van der Waals surface area contributed by atoms with Crippen LogP contribution in [0.15, 0.2) is 48.5 Å². The Labute approximate surface area is 96.0 Å². The van der Waals surface area contributed by atoms with Crippen molar-refractivity contribution in [3.63, 3.8) is 0 Å². The van der Waals surface area contributed by atoms with Crippen molar-refractivity contribution in [2.24, 2.45) is 0 Å². The van der Waals surface area contributed by atoms with Gasteiger partial charge in [-0.1, -0.05) is 48.5 Å². The third-order valence-electron chi connectivity index (χ3n) is 2.72. The lowest BCUT2D eigenvalue weighted by molar-refractivity contribution is 1.21. The first-order chi connectivity index (χ1) is 7.81. The molecule has 1 heteroatoms. The fourth-order valence-electron chi connectivity index (χ4n) is 1.79. The van der Waals surface area contributed by atoms with Gasteiger partial charge in [0.05, 0.1) is 12.5 Å². The summed E-state index contributed by atoms with van der Waals surface area (Å²) in [5.41, 5.74) is 4.72. The number of nitrogens with zero attached hydrogens (tertiary/aromatic N) is 1.